The average Bonchev–Trinajstić information content (AvgIpc) is 2.62. The van der Waals surface area contributed by atoms with Gasteiger partial charge >= 0.3 is 0 Å². The van der Waals surface area contributed by atoms with E-state index in [-0.39, 0.29) is 11.9 Å². The van der Waals surface area contributed by atoms with Crippen LogP contribution in [0.5, 0.6) is 5.75 Å². The van der Waals surface area contributed by atoms with Gasteiger partial charge in [-0.2, -0.15) is 0 Å². The topological polar surface area (TPSA) is 38.3 Å². The summed E-state index contributed by atoms with van der Waals surface area (Å²) in [4.78, 5) is 12.4. The van der Waals surface area contributed by atoms with Crippen molar-refractivity contribution >= 4 is 16.7 Å². The number of ether oxygens (including phenoxy) is 1. The Balaban J connectivity index is 1.70. The molecule has 1 N–H and O–H groups in total. The van der Waals surface area contributed by atoms with Gasteiger partial charge in [-0.1, -0.05) is 66.7 Å². The van der Waals surface area contributed by atoms with Crippen LogP contribution in [-0.4, -0.2) is 12.0 Å². The second-order valence-electron chi connectivity index (χ2n) is 5.88. The standard InChI is InChI=1S/C21H21NO2/c1-15(17-9-4-3-5-10-17)22-21(23)16(2)24-20-14-8-12-18-11-6-7-13-19(18)20/h3-16H,1-2H3,(H,22,23)/t15-,16?/m0/s1. The first-order chi connectivity index (χ1) is 11.6. The van der Waals surface area contributed by atoms with Crippen LogP contribution in [-0.2, 0) is 4.79 Å². The number of hydrogen-bond donors (Lipinski definition) is 1. The molecule has 1 amide bonds. The van der Waals surface area contributed by atoms with Crippen LogP contribution in [0, 0.1) is 0 Å². The van der Waals surface area contributed by atoms with E-state index in [4.69, 9.17) is 4.74 Å². The second kappa shape index (κ2) is 7.18. The first-order valence-electron chi connectivity index (χ1n) is 8.15. The van der Waals surface area contributed by atoms with Gasteiger partial charge in [-0.05, 0) is 30.9 Å². The summed E-state index contributed by atoms with van der Waals surface area (Å²) >= 11 is 0. The van der Waals surface area contributed by atoms with E-state index in [0.717, 1.165) is 22.1 Å². The van der Waals surface area contributed by atoms with Gasteiger partial charge in [0.1, 0.15) is 5.75 Å². The van der Waals surface area contributed by atoms with Crippen LogP contribution >= 0.6 is 0 Å². The quantitative estimate of drug-likeness (QED) is 0.753. The highest BCUT2D eigenvalue weighted by Gasteiger charge is 2.18. The lowest BCUT2D eigenvalue weighted by atomic mass is 10.1. The lowest BCUT2D eigenvalue weighted by Gasteiger charge is -2.19. The molecule has 0 aromatic heterocycles. The van der Waals surface area contributed by atoms with Crippen molar-refractivity contribution in [2.75, 3.05) is 0 Å². The molecule has 0 saturated carbocycles. The SMILES string of the molecule is CC(Oc1cccc2ccccc12)C(=O)N[C@@H](C)c1ccccc1. The first kappa shape index (κ1) is 16.1. The van der Waals surface area contributed by atoms with Gasteiger partial charge in [-0.25, -0.2) is 0 Å². The minimum absolute atomic E-state index is 0.0581. The average molecular weight is 319 g/mol. The van der Waals surface area contributed by atoms with Crippen LogP contribution < -0.4 is 10.1 Å². The number of fused-ring (bicyclic) bond motifs is 1. The minimum atomic E-state index is -0.568. The molecule has 0 heterocycles. The zero-order valence-corrected chi connectivity index (χ0v) is 13.9. The van der Waals surface area contributed by atoms with Crippen LogP contribution in [0.3, 0.4) is 0 Å². The molecule has 122 valence electrons. The molecule has 24 heavy (non-hydrogen) atoms. The summed E-state index contributed by atoms with van der Waals surface area (Å²) in [6, 6.07) is 23.7. The summed E-state index contributed by atoms with van der Waals surface area (Å²) in [7, 11) is 0. The molecule has 1 unspecified atom stereocenters. The molecule has 0 aliphatic heterocycles. The summed E-state index contributed by atoms with van der Waals surface area (Å²) in [6.45, 7) is 3.74. The Bertz CT molecular complexity index is 824. The molecule has 0 saturated heterocycles. The highest BCUT2D eigenvalue weighted by atomic mass is 16.5. The number of rotatable bonds is 5. The van der Waals surface area contributed by atoms with Crippen LogP contribution in [0.4, 0.5) is 0 Å². The number of amides is 1. The third-order valence-electron chi connectivity index (χ3n) is 4.08. The van der Waals surface area contributed by atoms with Gasteiger partial charge in [-0.3, -0.25) is 4.79 Å². The Labute approximate surface area is 142 Å². The normalized spacial score (nSPS) is 13.2. The number of benzene rings is 3. The first-order valence-corrected chi connectivity index (χ1v) is 8.15. The molecule has 2 atom stereocenters. The maximum Gasteiger partial charge on any atom is 0.261 e. The molecule has 3 aromatic rings. The van der Waals surface area contributed by atoms with Crippen molar-refractivity contribution in [2.45, 2.75) is 26.0 Å². The second-order valence-corrected chi connectivity index (χ2v) is 5.88. The molecular weight excluding hydrogens is 298 g/mol. The van der Waals surface area contributed by atoms with Gasteiger partial charge in [0.25, 0.3) is 5.91 Å². The van der Waals surface area contributed by atoms with E-state index in [9.17, 15) is 4.79 Å². The van der Waals surface area contributed by atoms with Crippen LogP contribution in [0.2, 0.25) is 0 Å². The van der Waals surface area contributed by atoms with Crippen LogP contribution in [0.25, 0.3) is 10.8 Å². The Morgan fingerprint density at radius 2 is 1.54 bits per heavy atom. The lowest BCUT2D eigenvalue weighted by molar-refractivity contribution is -0.127. The molecule has 0 aliphatic rings. The fourth-order valence-corrected chi connectivity index (χ4v) is 2.70. The lowest BCUT2D eigenvalue weighted by Crippen LogP contribution is -2.37. The smallest absolute Gasteiger partial charge is 0.261 e. The molecule has 0 fully saturated rings. The molecule has 3 nitrogen and oxygen atoms in total. The molecule has 0 spiro atoms. The van der Waals surface area contributed by atoms with E-state index in [0.29, 0.717) is 0 Å². The fraction of sp³-hybridized carbons (Fsp3) is 0.190. The van der Waals surface area contributed by atoms with E-state index in [1.807, 2.05) is 79.7 Å². The molecular formula is C21H21NO2. The number of carbonyl (C=O) groups excluding carboxylic acids is 1. The van der Waals surface area contributed by atoms with Crippen molar-refractivity contribution < 1.29 is 9.53 Å². The van der Waals surface area contributed by atoms with Gasteiger partial charge in [0, 0.05) is 5.39 Å². The van der Waals surface area contributed by atoms with Gasteiger partial charge < -0.3 is 10.1 Å². The van der Waals surface area contributed by atoms with E-state index in [1.165, 1.54) is 0 Å². The zero-order chi connectivity index (χ0) is 16.9. The Hall–Kier alpha value is -2.81. The molecule has 0 aliphatic carbocycles. The van der Waals surface area contributed by atoms with Crippen LogP contribution in [0.15, 0.2) is 72.8 Å². The van der Waals surface area contributed by atoms with Crippen molar-refractivity contribution in [3.05, 3.63) is 78.4 Å². The van der Waals surface area contributed by atoms with Crippen molar-refractivity contribution in [3.8, 4) is 5.75 Å². The van der Waals surface area contributed by atoms with Gasteiger partial charge in [-0.15, -0.1) is 0 Å². The molecule has 3 heteroatoms. The highest BCUT2D eigenvalue weighted by molar-refractivity contribution is 5.89. The van der Waals surface area contributed by atoms with E-state index in [2.05, 4.69) is 5.32 Å². The Morgan fingerprint density at radius 1 is 0.875 bits per heavy atom. The summed E-state index contributed by atoms with van der Waals surface area (Å²) in [6.07, 6.45) is -0.568. The molecule has 0 bridgehead atoms. The molecule has 3 aromatic carbocycles. The van der Waals surface area contributed by atoms with Gasteiger partial charge in [0.2, 0.25) is 0 Å². The van der Waals surface area contributed by atoms with Gasteiger partial charge in [0.15, 0.2) is 6.10 Å². The third-order valence-corrected chi connectivity index (χ3v) is 4.08. The molecule has 0 radical (unpaired) electrons. The Kier molecular flexibility index (Phi) is 4.80. The monoisotopic (exact) mass is 319 g/mol. The van der Waals surface area contributed by atoms with E-state index >= 15 is 0 Å². The predicted molar refractivity (Wildman–Crippen MR) is 97.0 cm³/mol. The summed E-state index contributed by atoms with van der Waals surface area (Å²) in [5.41, 5.74) is 1.07. The summed E-state index contributed by atoms with van der Waals surface area (Å²) < 4.78 is 5.91. The third kappa shape index (κ3) is 3.57. The van der Waals surface area contributed by atoms with Crippen molar-refractivity contribution in [1.82, 2.24) is 5.32 Å². The molecule has 3 rings (SSSR count). The number of nitrogens with one attached hydrogen (secondary N) is 1. The summed E-state index contributed by atoms with van der Waals surface area (Å²) in [5.74, 6) is 0.599. The maximum absolute atomic E-state index is 12.4. The zero-order valence-electron chi connectivity index (χ0n) is 13.9. The minimum Gasteiger partial charge on any atom is -0.480 e. The largest absolute Gasteiger partial charge is 0.480 e. The fourth-order valence-electron chi connectivity index (χ4n) is 2.70. The van der Waals surface area contributed by atoms with Crippen molar-refractivity contribution in [2.24, 2.45) is 0 Å². The number of hydrogen-bond acceptors (Lipinski definition) is 2. The van der Waals surface area contributed by atoms with E-state index in [1.54, 1.807) is 6.92 Å². The van der Waals surface area contributed by atoms with Crippen molar-refractivity contribution in [1.29, 1.82) is 0 Å². The highest BCUT2D eigenvalue weighted by Crippen LogP contribution is 2.26. The maximum atomic E-state index is 12.4. The number of carbonyl (C=O) groups is 1. The van der Waals surface area contributed by atoms with Gasteiger partial charge in [0.05, 0.1) is 6.04 Å². The van der Waals surface area contributed by atoms with Crippen LogP contribution in [0.1, 0.15) is 25.5 Å². The predicted octanol–water partition coefficient (Wildman–Crippen LogP) is 4.48. The Morgan fingerprint density at radius 3 is 2.33 bits per heavy atom. The summed E-state index contributed by atoms with van der Waals surface area (Å²) in [5, 5.41) is 5.11. The van der Waals surface area contributed by atoms with E-state index < -0.39 is 6.10 Å². The van der Waals surface area contributed by atoms with Crippen molar-refractivity contribution in [3.63, 3.8) is 0 Å².